The third-order valence-corrected chi connectivity index (χ3v) is 5.39. The molecule has 1 aliphatic rings. The van der Waals surface area contributed by atoms with E-state index < -0.39 is 0 Å². The summed E-state index contributed by atoms with van der Waals surface area (Å²) in [4.78, 5) is 37.4. The molecule has 3 heterocycles. The fourth-order valence-electron chi connectivity index (χ4n) is 3.64. The summed E-state index contributed by atoms with van der Waals surface area (Å²) in [6, 6.07) is 7.18. The molecule has 8 heteroatoms. The highest BCUT2D eigenvalue weighted by Crippen LogP contribution is 2.18. The number of carbonyl (C=O) groups is 2. The summed E-state index contributed by atoms with van der Waals surface area (Å²) in [5.74, 6) is 1.11. The van der Waals surface area contributed by atoms with Crippen LogP contribution in [0.3, 0.4) is 0 Å². The molecule has 0 radical (unpaired) electrons. The van der Waals surface area contributed by atoms with E-state index in [0.29, 0.717) is 43.2 Å². The van der Waals surface area contributed by atoms with Gasteiger partial charge in [-0.2, -0.15) is 0 Å². The summed E-state index contributed by atoms with van der Waals surface area (Å²) in [6.07, 6.45) is 4.11. The molecule has 0 bridgehead atoms. The Morgan fingerprint density at radius 3 is 2.43 bits per heavy atom. The van der Waals surface area contributed by atoms with Crippen molar-refractivity contribution in [2.24, 2.45) is 5.92 Å². The Morgan fingerprint density at radius 1 is 1.10 bits per heavy atom. The van der Waals surface area contributed by atoms with Crippen molar-refractivity contribution >= 4 is 29.2 Å². The van der Waals surface area contributed by atoms with Crippen LogP contribution in [-0.2, 0) is 0 Å². The zero-order valence-electron chi connectivity index (χ0n) is 17.6. The van der Waals surface area contributed by atoms with E-state index in [-0.39, 0.29) is 23.0 Å². The maximum absolute atomic E-state index is 12.7. The molecule has 1 N–H and O–H groups in total. The zero-order chi connectivity index (χ0) is 21.7. The predicted octanol–water partition coefficient (Wildman–Crippen LogP) is 3.26. The van der Waals surface area contributed by atoms with Crippen molar-refractivity contribution in [2.45, 2.75) is 33.2 Å². The quantitative estimate of drug-likeness (QED) is 0.713. The summed E-state index contributed by atoms with van der Waals surface area (Å²) in [6.45, 7) is 8.75. The average Bonchev–Trinajstić information content (AvgIpc) is 2.73. The molecule has 7 nitrogen and oxygen atoms in total. The molecule has 1 unspecified atom stereocenters. The number of nitrogens with zero attached hydrogens (tertiary/aromatic N) is 4. The lowest BCUT2D eigenvalue weighted by atomic mass is 10.1. The number of nitrogens with one attached hydrogen (secondary N) is 1. The van der Waals surface area contributed by atoms with Crippen LogP contribution >= 0.6 is 11.6 Å². The van der Waals surface area contributed by atoms with E-state index in [0.717, 1.165) is 12.2 Å². The Hall–Kier alpha value is -2.67. The van der Waals surface area contributed by atoms with Crippen molar-refractivity contribution in [1.82, 2.24) is 20.2 Å². The topological polar surface area (TPSA) is 78.4 Å². The van der Waals surface area contributed by atoms with Gasteiger partial charge in [0.05, 0.1) is 11.1 Å². The molecular formula is C22H28ClN5O2. The molecular weight excluding hydrogens is 402 g/mol. The normalized spacial score (nSPS) is 15.2. The van der Waals surface area contributed by atoms with Gasteiger partial charge >= 0.3 is 0 Å². The van der Waals surface area contributed by atoms with Gasteiger partial charge in [0.25, 0.3) is 11.8 Å². The van der Waals surface area contributed by atoms with Crippen molar-refractivity contribution in [3.05, 3.63) is 52.9 Å². The molecule has 30 heavy (non-hydrogen) atoms. The first kappa shape index (κ1) is 22.0. The molecule has 1 saturated heterocycles. The number of rotatable bonds is 6. The van der Waals surface area contributed by atoms with E-state index in [1.807, 2.05) is 13.0 Å². The van der Waals surface area contributed by atoms with Crippen molar-refractivity contribution in [1.29, 1.82) is 0 Å². The van der Waals surface area contributed by atoms with Gasteiger partial charge in [-0.1, -0.05) is 25.4 Å². The van der Waals surface area contributed by atoms with E-state index in [2.05, 4.69) is 34.0 Å². The SMILES string of the molecule is CC(C)CC(C)NC(=O)c1ccc(N2CCN(C(=O)c3cccnc3Cl)CC2)nc1. The summed E-state index contributed by atoms with van der Waals surface area (Å²) in [5.41, 5.74) is 0.974. The highest BCUT2D eigenvalue weighted by atomic mass is 35.5. The van der Waals surface area contributed by atoms with E-state index in [9.17, 15) is 9.59 Å². The number of aromatic nitrogens is 2. The Bertz CT molecular complexity index is 879. The third kappa shape index (κ3) is 5.48. The smallest absolute Gasteiger partial charge is 0.257 e. The summed E-state index contributed by atoms with van der Waals surface area (Å²) >= 11 is 6.05. The van der Waals surface area contributed by atoms with Gasteiger partial charge in [0, 0.05) is 44.6 Å². The second kappa shape index (κ2) is 9.89. The van der Waals surface area contributed by atoms with Gasteiger partial charge in [-0.05, 0) is 43.5 Å². The standard InChI is InChI=1S/C22H28ClN5O2/c1-15(2)13-16(3)26-21(29)17-6-7-19(25-14-17)27-9-11-28(12-10-27)22(30)18-5-4-8-24-20(18)23/h4-8,14-16H,9-13H2,1-3H3,(H,26,29). The molecule has 0 aliphatic carbocycles. The van der Waals surface area contributed by atoms with E-state index in [4.69, 9.17) is 11.6 Å². The fraction of sp³-hybridized carbons (Fsp3) is 0.455. The Morgan fingerprint density at radius 2 is 1.83 bits per heavy atom. The molecule has 3 rings (SSSR count). The zero-order valence-corrected chi connectivity index (χ0v) is 18.4. The second-order valence-electron chi connectivity index (χ2n) is 8.03. The van der Waals surface area contributed by atoms with Gasteiger partial charge in [-0.25, -0.2) is 9.97 Å². The van der Waals surface area contributed by atoms with Crippen LogP contribution in [0.15, 0.2) is 36.7 Å². The van der Waals surface area contributed by atoms with Gasteiger partial charge in [0.1, 0.15) is 11.0 Å². The largest absolute Gasteiger partial charge is 0.353 e. The van der Waals surface area contributed by atoms with Gasteiger partial charge in [0.15, 0.2) is 0 Å². The minimum Gasteiger partial charge on any atom is -0.353 e. The van der Waals surface area contributed by atoms with Crippen LogP contribution in [0, 0.1) is 5.92 Å². The van der Waals surface area contributed by atoms with Crippen molar-refractivity contribution < 1.29 is 9.59 Å². The lowest BCUT2D eigenvalue weighted by Crippen LogP contribution is -2.49. The van der Waals surface area contributed by atoms with Crippen LogP contribution in [0.1, 0.15) is 47.9 Å². The maximum Gasteiger partial charge on any atom is 0.257 e. The number of carbonyl (C=O) groups excluding carboxylic acids is 2. The predicted molar refractivity (Wildman–Crippen MR) is 118 cm³/mol. The molecule has 0 aromatic carbocycles. The van der Waals surface area contributed by atoms with Gasteiger partial charge < -0.3 is 15.1 Å². The molecule has 1 atom stereocenters. The van der Waals surface area contributed by atoms with Crippen LogP contribution in [0.4, 0.5) is 5.82 Å². The van der Waals surface area contributed by atoms with Crippen LogP contribution < -0.4 is 10.2 Å². The average molecular weight is 430 g/mol. The number of amides is 2. The molecule has 1 fully saturated rings. The van der Waals surface area contributed by atoms with Crippen molar-refractivity contribution in [3.63, 3.8) is 0 Å². The number of pyridine rings is 2. The lowest BCUT2D eigenvalue weighted by Gasteiger charge is -2.35. The highest BCUT2D eigenvalue weighted by Gasteiger charge is 2.24. The van der Waals surface area contributed by atoms with Crippen LogP contribution in [0.2, 0.25) is 5.15 Å². The van der Waals surface area contributed by atoms with Crippen LogP contribution in [0.25, 0.3) is 0 Å². The first-order valence-corrected chi connectivity index (χ1v) is 10.6. The highest BCUT2D eigenvalue weighted by molar-refractivity contribution is 6.32. The number of anilines is 1. The molecule has 2 aromatic rings. The minimum absolute atomic E-state index is 0.106. The summed E-state index contributed by atoms with van der Waals surface area (Å²) < 4.78 is 0. The summed E-state index contributed by atoms with van der Waals surface area (Å²) in [5, 5.41) is 3.24. The van der Waals surface area contributed by atoms with E-state index >= 15 is 0 Å². The number of hydrogen-bond acceptors (Lipinski definition) is 5. The lowest BCUT2D eigenvalue weighted by molar-refractivity contribution is 0.0746. The molecule has 160 valence electrons. The Kier molecular flexibility index (Phi) is 7.26. The van der Waals surface area contributed by atoms with Crippen molar-refractivity contribution in [2.75, 3.05) is 31.1 Å². The number of halogens is 1. The molecule has 1 aliphatic heterocycles. The van der Waals surface area contributed by atoms with Gasteiger partial charge in [0.2, 0.25) is 0 Å². The Labute approximate surface area is 182 Å². The molecule has 0 saturated carbocycles. The van der Waals surface area contributed by atoms with Crippen LogP contribution in [0.5, 0.6) is 0 Å². The van der Waals surface area contributed by atoms with Gasteiger partial charge in [-0.3, -0.25) is 9.59 Å². The van der Waals surface area contributed by atoms with Gasteiger partial charge in [-0.15, -0.1) is 0 Å². The van der Waals surface area contributed by atoms with Crippen molar-refractivity contribution in [3.8, 4) is 0 Å². The minimum atomic E-state index is -0.108. The fourth-order valence-corrected chi connectivity index (χ4v) is 3.84. The molecule has 2 aromatic heterocycles. The summed E-state index contributed by atoms with van der Waals surface area (Å²) in [7, 11) is 0. The monoisotopic (exact) mass is 429 g/mol. The number of piperazine rings is 1. The maximum atomic E-state index is 12.7. The second-order valence-corrected chi connectivity index (χ2v) is 8.39. The first-order chi connectivity index (χ1) is 14.3. The number of hydrogen-bond donors (Lipinski definition) is 1. The molecule has 0 spiro atoms. The van der Waals surface area contributed by atoms with Crippen LogP contribution in [-0.4, -0.2) is 58.9 Å². The van der Waals surface area contributed by atoms with E-state index in [1.54, 1.807) is 35.5 Å². The molecule has 2 amide bonds. The Balaban J connectivity index is 1.55. The van der Waals surface area contributed by atoms with E-state index in [1.165, 1.54) is 0 Å². The third-order valence-electron chi connectivity index (χ3n) is 5.09. The first-order valence-electron chi connectivity index (χ1n) is 10.3.